The lowest BCUT2D eigenvalue weighted by Crippen LogP contribution is -2.67. The van der Waals surface area contributed by atoms with Gasteiger partial charge in [0.15, 0.2) is 0 Å². The Kier molecular flexibility index (Phi) is 7.09. The van der Waals surface area contributed by atoms with E-state index in [1.165, 1.54) is 5.57 Å². The van der Waals surface area contributed by atoms with E-state index in [0.29, 0.717) is 30.8 Å². The summed E-state index contributed by atoms with van der Waals surface area (Å²) in [6.07, 6.45) is 10.0. The first-order valence-corrected chi connectivity index (χ1v) is 15.9. The van der Waals surface area contributed by atoms with Crippen LogP contribution in [0.4, 0.5) is 0 Å². The highest BCUT2D eigenvalue weighted by atomic mass is 16.5. The second-order valence-corrected chi connectivity index (χ2v) is 16.1. The molecule has 228 valence electrons. The topological polar surface area (TPSA) is 101 Å². The number of ether oxygens (including phenoxy) is 1. The SMILES string of the molecule is C/C=C(/C)C(=O)O[C@@H]1CC(C)(C)C[C@H]2C3=CC[C@@H]4[C@@]5(C)CCC(=O)[C@](C)(CO)[C@@H]5CC[C@@]4(C)[C@]3(C)CC[C@@]12C(=O)O. The molecule has 0 radical (unpaired) electrons. The summed E-state index contributed by atoms with van der Waals surface area (Å²) < 4.78 is 6.12. The molecule has 5 aliphatic carbocycles. The van der Waals surface area contributed by atoms with Crippen molar-refractivity contribution in [3.63, 3.8) is 0 Å². The number of hydrogen-bond acceptors (Lipinski definition) is 5. The molecule has 0 aromatic carbocycles. The quantitative estimate of drug-likeness (QED) is 0.217. The van der Waals surface area contributed by atoms with E-state index in [1.54, 1.807) is 19.9 Å². The Hall–Kier alpha value is -1.95. The average Bonchev–Trinajstić information content (AvgIpc) is 2.90. The zero-order valence-electron chi connectivity index (χ0n) is 26.6. The molecule has 0 unspecified atom stereocenters. The van der Waals surface area contributed by atoms with Gasteiger partial charge in [-0.05, 0) is 98.7 Å². The minimum absolute atomic E-state index is 0.0565. The van der Waals surface area contributed by atoms with E-state index in [1.807, 2.05) is 6.92 Å². The molecule has 0 bridgehead atoms. The van der Waals surface area contributed by atoms with Gasteiger partial charge in [0, 0.05) is 17.9 Å². The number of Topliss-reactive ketones (excluding diaryl/α,β-unsaturated/α-hetero) is 1. The molecule has 4 fully saturated rings. The van der Waals surface area contributed by atoms with Crippen LogP contribution in [0.25, 0.3) is 0 Å². The Bertz CT molecular complexity index is 1210. The van der Waals surface area contributed by atoms with E-state index in [-0.39, 0.29) is 45.9 Å². The van der Waals surface area contributed by atoms with Crippen LogP contribution in [0.5, 0.6) is 0 Å². The summed E-state index contributed by atoms with van der Waals surface area (Å²) in [5.41, 5.74) is -0.555. The fourth-order valence-corrected chi connectivity index (χ4v) is 11.1. The molecule has 0 aliphatic heterocycles. The molecule has 0 amide bonds. The van der Waals surface area contributed by atoms with E-state index in [9.17, 15) is 24.6 Å². The molecule has 0 aromatic rings. The predicted molar refractivity (Wildman–Crippen MR) is 158 cm³/mol. The molecule has 5 rings (SSSR count). The minimum atomic E-state index is -1.14. The summed E-state index contributed by atoms with van der Waals surface area (Å²) in [6, 6.07) is 0. The van der Waals surface area contributed by atoms with Crippen LogP contribution in [-0.2, 0) is 19.1 Å². The zero-order valence-corrected chi connectivity index (χ0v) is 26.6. The lowest BCUT2D eigenvalue weighted by molar-refractivity contribution is -0.208. The number of aliphatic hydroxyl groups is 1. The van der Waals surface area contributed by atoms with Crippen molar-refractivity contribution >= 4 is 17.7 Å². The maximum Gasteiger partial charge on any atom is 0.333 e. The van der Waals surface area contributed by atoms with Crippen LogP contribution in [0.1, 0.15) is 113 Å². The molecule has 6 nitrogen and oxygen atoms in total. The van der Waals surface area contributed by atoms with Gasteiger partial charge in [0.2, 0.25) is 0 Å². The van der Waals surface area contributed by atoms with Crippen LogP contribution in [0, 0.1) is 50.2 Å². The number of carboxylic acid groups (broad SMARTS) is 1. The molecular formula is C35H52O6. The Morgan fingerprint density at radius 3 is 2.32 bits per heavy atom. The fourth-order valence-electron chi connectivity index (χ4n) is 11.1. The highest BCUT2D eigenvalue weighted by molar-refractivity contribution is 5.88. The number of esters is 1. The van der Waals surface area contributed by atoms with Crippen molar-refractivity contribution in [1.82, 2.24) is 0 Å². The Morgan fingerprint density at radius 1 is 1.02 bits per heavy atom. The summed E-state index contributed by atoms with van der Waals surface area (Å²) in [6.45, 7) is 17.0. The van der Waals surface area contributed by atoms with Gasteiger partial charge in [-0.15, -0.1) is 0 Å². The van der Waals surface area contributed by atoms with Crippen molar-refractivity contribution in [2.75, 3.05) is 6.61 Å². The average molecular weight is 569 g/mol. The maximum absolute atomic E-state index is 13.4. The van der Waals surface area contributed by atoms with Gasteiger partial charge in [-0.1, -0.05) is 59.3 Å². The Balaban J connectivity index is 1.60. The van der Waals surface area contributed by atoms with E-state index < -0.39 is 28.9 Å². The van der Waals surface area contributed by atoms with Crippen LogP contribution in [0.2, 0.25) is 0 Å². The number of aliphatic hydroxyl groups excluding tert-OH is 1. The van der Waals surface area contributed by atoms with Crippen molar-refractivity contribution < 1.29 is 29.3 Å². The molecule has 9 atom stereocenters. The van der Waals surface area contributed by atoms with Crippen molar-refractivity contribution in [3.8, 4) is 0 Å². The Morgan fingerprint density at radius 2 is 1.71 bits per heavy atom. The zero-order chi connectivity index (χ0) is 30.4. The van der Waals surface area contributed by atoms with Crippen LogP contribution in [0.15, 0.2) is 23.3 Å². The number of hydrogen-bond donors (Lipinski definition) is 2. The minimum Gasteiger partial charge on any atom is -0.481 e. The van der Waals surface area contributed by atoms with Gasteiger partial charge >= 0.3 is 11.9 Å². The largest absolute Gasteiger partial charge is 0.481 e. The van der Waals surface area contributed by atoms with Gasteiger partial charge in [0.25, 0.3) is 0 Å². The van der Waals surface area contributed by atoms with E-state index in [0.717, 1.165) is 38.5 Å². The number of carbonyl (C=O) groups is 3. The molecule has 0 saturated heterocycles. The van der Waals surface area contributed by atoms with E-state index >= 15 is 0 Å². The second kappa shape index (κ2) is 9.53. The first kappa shape index (κ1) is 30.5. The molecule has 5 aliphatic rings. The molecule has 0 aromatic heterocycles. The number of aliphatic carboxylic acids is 1. The molecular weight excluding hydrogens is 516 g/mol. The molecule has 41 heavy (non-hydrogen) atoms. The third kappa shape index (κ3) is 3.94. The first-order valence-electron chi connectivity index (χ1n) is 15.9. The molecule has 6 heteroatoms. The van der Waals surface area contributed by atoms with Crippen molar-refractivity contribution in [3.05, 3.63) is 23.3 Å². The summed E-state index contributed by atoms with van der Waals surface area (Å²) in [5.74, 6) is -0.772. The third-order valence-corrected chi connectivity index (χ3v) is 13.9. The highest BCUT2D eigenvalue weighted by Crippen LogP contribution is 2.75. The van der Waals surface area contributed by atoms with Crippen molar-refractivity contribution in [2.45, 2.75) is 119 Å². The molecule has 0 heterocycles. The monoisotopic (exact) mass is 568 g/mol. The number of fused-ring (bicyclic) bond motifs is 7. The second-order valence-electron chi connectivity index (χ2n) is 16.1. The lowest BCUT2D eigenvalue weighted by Gasteiger charge is -2.70. The van der Waals surface area contributed by atoms with Crippen molar-refractivity contribution in [2.24, 2.45) is 50.2 Å². The molecule has 4 saturated carbocycles. The number of carboxylic acids is 1. The van der Waals surface area contributed by atoms with Gasteiger partial charge in [0.1, 0.15) is 17.3 Å². The van der Waals surface area contributed by atoms with Crippen LogP contribution in [-0.4, -0.2) is 40.6 Å². The van der Waals surface area contributed by atoms with Gasteiger partial charge in [-0.25, -0.2) is 4.79 Å². The molecule has 0 spiro atoms. The smallest absolute Gasteiger partial charge is 0.333 e. The van der Waals surface area contributed by atoms with Crippen molar-refractivity contribution in [1.29, 1.82) is 0 Å². The van der Waals surface area contributed by atoms with Gasteiger partial charge in [-0.2, -0.15) is 0 Å². The summed E-state index contributed by atoms with van der Waals surface area (Å²) in [5, 5.41) is 21.4. The third-order valence-electron chi connectivity index (χ3n) is 13.9. The van der Waals surface area contributed by atoms with Gasteiger partial charge in [0.05, 0.1) is 12.0 Å². The molecule has 2 N–H and O–H groups in total. The van der Waals surface area contributed by atoms with Crippen LogP contribution in [0.3, 0.4) is 0 Å². The van der Waals surface area contributed by atoms with Crippen LogP contribution < -0.4 is 0 Å². The normalized spacial score (nSPS) is 47.2. The highest BCUT2D eigenvalue weighted by Gasteiger charge is 2.71. The Labute approximate surface area is 246 Å². The first-order chi connectivity index (χ1) is 19.0. The van der Waals surface area contributed by atoms with Crippen LogP contribution >= 0.6 is 0 Å². The number of rotatable bonds is 4. The number of allylic oxidation sites excluding steroid dienone is 3. The van der Waals surface area contributed by atoms with E-state index in [4.69, 9.17) is 4.74 Å². The van der Waals surface area contributed by atoms with Gasteiger partial charge < -0.3 is 14.9 Å². The standard InChI is InChI=1S/C35H52O6/c1-9-21(2)28(38)41-27-19-30(3,4)18-23-22-10-11-25-31(5)14-13-26(37)32(6,20-36)24(31)12-15-34(25,8)33(22,7)16-17-35(23,27)29(39)40/h9-10,23-25,27,36H,11-20H2,1-8H3,(H,39,40)/b21-9-/t23-,24+,25+,27+,31-,32+,33+,34+,35-/m0/s1. The predicted octanol–water partition coefficient (Wildman–Crippen LogP) is 6.90. The number of carbonyl (C=O) groups excluding carboxylic acids is 2. The summed E-state index contributed by atoms with van der Waals surface area (Å²) in [4.78, 5) is 39.5. The maximum atomic E-state index is 13.4. The summed E-state index contributed by atoms with van der Waals surface area (Å²) >= 11 is 0. The fraction of sp³-hybridized carbons (Fsp3) is 0.800. The number of ketones is 1. The van der Waals surface area contributed by atoms with Gasteiger partial charge in [-0.3, -0.25) is 9.59 Å². The van der Waals surface area contributed by atoms with E-state index in [2.05, 4.69) is 40.7 Å². The lowest BCUT2D eigenvalue weighted by atomic mass is 9.33. The summed E-state index contributed by atoms with van der Waals surface area (Å²) in [7, 11) is 0.